The van der Waals surface area contributed by atoms with Crippen molar-refractivity contribution in [2.24, 2.45) is 0 Å². The summed E-state index contributed by atoms with van der Waals surface area (Å²) in [5.41, 5.74) is -1.30. The highest BCUT2D eigenvalue weighted by atomic mass is 31.2. The standard InChI is InChI=1S/C9H15NO6P2/c1-10(7-8-5-3-2-4-6-8)9(17(11,12)13)18(14,15)16/h2-6,9H,7H2,1H3,(H2,11,12,13)(H2,14,15,16)/p+1. The smallest absolute Gasteiger partial charge is 0.320 e. The van der Waals surface area contributed by atoms with Gasteiger partial charge in [0.15, 0.2) is 0 Å². The summed E-state index contributed by atoms with van der Waals surface area (Å²) in [4.78, 5) is 36.3. The third-order valence-electron chi connectivity index (χ3n) is 2.40. The largest absolute Gasteiger partial charge is 0.395 e. The van der Waals surface area contributed by atoms with Gasteiger partial charge in [-0.15, -0.1) is 0 Å². The maximum absolute atomic E-state index is 11.2. The van der Waals surface area contributed by atoms with Gasteiger partial charge in [-0.1, -0.05) is 30.3 Å². The van der Waals surface area contributed by atoms with Gasteiger partial charge in [0, 0.05) is 5.56 Å². The molecule has 0 aliphatic heterocycles. The Hall–Kier alpha value is -0.520. The lowest BCUT2D eigenvalue weighted by Gasteiger charge is -2.25. The second kappa shape index (κ2) is 5.63. The monoisotopic (exact) mass is 296 g/mol. The predicted octanol–water partition coefficient (Wildman–Crippen LogP) is -0.660. The van der Waals surface area contributed by atoms with E-state index in [1.54, 1.807) is 30.3 Å². The first-order chi connectivity index (χ1) is 8.12. The Balaban J connectivity index is 2.95. The van der Waals surface area contributed by atoms with Gasteiger partial charge in [0.05, 0.1) is 7.05 Å². The minimum atomic E-state index is -4.89. The summed E-state index contributed by atoms with van der Waals surface area (Å²) < 4.78 is 22.4. The molecule has 9 heteroatoms. The van der Waals surface area contributed by atoms with Crippen molar-refractivity contribution in [2.75, 3.05) is 7.05 Å². The Morgan fingerprint density at radius 2 is 1.50 bits per heavy atom. The zero-order valence-corrected chi connectivity index (χ0v) is 11.5. The van der Waals surface area contributed by atoms with Gasteiger partial charge < -0.3 is 24.5 Å². The second-order valence-electron chi connectivity index (χ2n) is 4.06. The van der Waals surface area contributed by atoms with Crippen LogP contribution in [0.25, 0.3) is 0 Å². The molecule has 18 heavy (non-hydrogen) atoms. The molecule has 1 aromatic rings. The van der Waals surface area contributed by atoms with E-state index in [1.807, 2.05) is 0 Å². The summed E-state index contributed by atoms with van der Waals surface area (Å²) in [6.45, 7) is 0.113. The van der Waals surface area contributed by atoms with Crippen molar-refractivity contribution in [3.8, 4) is 0 Å². The molecule has 0 saturated heterocycles. The van der Waals surface area contributed by atoms with Gasteiger partial charge in [0.25, 0.3) is 5.52 Å². The van der Waals surface area contributed by atoms with Gasteiger partial charge >= 0.3 is 15.2 Å². The molecule has 0 aromatic heterocycles. The first kappa shape index (κ1) is 15.5. The average molecular weight is 296 g/mol. The van der Waals surface area contributed by atoms with E-state index < -0.39 is 20.7 Å². The molecule has 7 nitrogen and oxygen atoms in total. The van der Waals surface area contributed by atoms with E-state index in [0.717, 1.165) is 5.56 Å². The molecule has 1 rings (SSSR count). The summed E-state index contributed by atoms with van der Waals surface area (Å²) in [7, 11) is -8.44. The highest BCUT2D eigenvalue weighted by Crippen LogP contribution is 2.56. The topological polar surface area (TPSA) is 120 Å². The molecule has 0 aliphatic rings. The maximum Gasteiger partial charge on any atom is 0.395 e. The van der Waals surface area contributed by atoms with Crippen molar-refractivity contribution < 1.29 is 33.6 Å². The SMILES string of the molecule is C[NH+](Cc1ccccc1)C(P(=O)(O)O)P(=O)(O)O. The maximum atomic E-state index is 11.2. The van der Waals surface area contributed by atoms with E-state index >= 15 is 0 Å². The van der Waals surface area contributed by atoms with Gasteiger partial charge in [-0.2, -0.15) is 0 Å². The van der Waals surface area contributed by atoms with Crippen molar-refractivity contribution in [1.29, 1.82) is 0 Å². The van der Waals surface area contributed by atoms with Crippen molar-refractivity contribution in [3.63, 3.8) is 0 Å². The van der Waals surface area contributed by atoms with E-state index in [1.165, 1.54) is 7.05 Å². The highest BCUT2D eigenvalue weighted by molar-refractivity contribution is 7.70. The molecule has 0 amide bonds. The number of rotatable bonds is 5. The number of hydrogen-bond donors (Lipinski definition) is 5. The summed E-state index contributed by atoms with van der Waals surface area (Å²) >= 11 is 0. The minimum Gasteiger partial charge on any atom is -0.320 e. The van der Waals surface area contributed by atoms with Crippen molar-refractivity contribution >= 4 is 15.2 Å². The Morgan fingerprint density at radius 3 is 1.89 bits per heavy atom. The van der Waals surface area contributed by atoms with Crippen LogP contribution in [0.5, 0.6) is 0 Å². The van der Waals surface area contributed by atoms with Crippen LogP contribution >= 0.6 is 15.2 Å². The number of hydrogen-bond acceptors (Lipinski definition) is 2. The molecule has 1 aromatic carbocycles. The summed E-state index contributed by atoms with van der Waals surface area (Å²) in [5, 5.41) is 0. The number of benzene rings is 1. The minimum absolute atomic E-state index is 0.0721. The van der Waals surface area contributed by atoms with Crippen LogP contribution in [0.4, 0.5) is 0 Å². The Morgan fingerprint density at radius 1 is 1.06 bits per heavy atom. The Bertz CT molecular complexity index is 459. The van der Waals surface area contributed by atoms with Crippen LogP contribution in [0.2, 0.25) is 0 Å². The van der Waals surface area contributed by atoms with Crippen molar-refractivity contribution in [3.05, 3.63) is 35.9 Å². The Kier molecular flexibility index (Phi) is 4.86. The average Bonchev–Trinajstić information content (AvgIpc) is 2.13. The zero-order chi connectivity index (χ0) is 14.0. The molecule has 0 aliphatic carbocycles. The van der Waals surface area contributed by atoms with Crippen LogP contribution in [-0.2, 0) is 15.7 Å². The summed E-state index contributed by atoms with van der Waals surface area (Å²) in [5.74, 6) is 0. The number of quaternary nitrogens is 1. The van der Waals surface area contributed by atoms with Crippen molar-refractivity contribution in [1.82, 2.24) is 0 Å². The van der Waals surface area contributed by atoms with Crippen LogP contribution in [0, 0.1) is 0 Å². The van der Waals surface area contributed by atoms with E-state index in [4.69, 9.17) is 19.6 Å². The highest BCUT2D eigenvalue weighted by Gasteiger charge is 2.50. The van der Waals surface area contributed by atoms with E-state index in [9.17, 15) is 9.13 Å². The first-order valence-electron chi connectivity index (χ1n) is 5.09. The fraction of sp³-hybridized carbons (Fsp3) is 0.333. The Labute approximate surface area is 104 Å². The molecule has 1 unspecified atom stereocenters. The van der Waals surface area contributed by atoms with E-state index in [2.05, 4.69) is 0 Å². The molecule has 0 bridgehead atoms. The molecule has 5 N–H and O–H groups in total. The quantitative estimate of drug-likeness (QED) is 0.460. The number of nitrogens with one attached hydrogen (secondary N) is 1. The van der Waals surface area contributed by atoms with Gasteiger partial charge in [-0.05, 0) is 0 Å². The molecule has 102 valence electrons. The normalized spacial score (nSPS) is 14.8. The summed E-state index contributed by atoms with van der Waals surface area (Å²) in [6, 6.07) is 8.71. The van der Waals surface area contributed by atoms with Crippen molar-refractivity contribution in [2.45, 2.75) is 12.1 Å². The van der Waals surface area contributed by atoms with Crippen LogP contribution in [0.15, 0.2) is 30.3 Å². The van der Waals surface area contributed by atoms with E-state index in [-0.39, 0.29) is 11.4 Å². The zero-order valence-electron chi connectivity index (χ0n) is 9.67. The van der Waals surface area contributed by atoms with Gasteiger partial charge in [-0.25, -0.2) is 0 Å². The fourth-order valence-electron chi connectivity index (χ4n) is 1.78. The fourth-order valence-corrected chi connectivity index (χ4v) is 4.68. The molecule has 0 fully saturated rings. The lowest BCUT2D eigenvalue weighted by atomic mass is 10.2. The van der Waals surface area contributed by atoms with Crippen LogP contribution in [0.1, 0.15) is 5.56 Å². The molecule has 0 saturated carbocycles. The third-order valence-corrected chi connectivity index (χ3v) is 6.36. The van der Waals surface area contributed by atoms with Gasteiger partial charge in [-0.3, -0.25) is 9.13 Å². The predicted molar refractivity (Wildman–Crippen MR) is 64.9 cm³/mol. The van der Waals surface area contributed by atoms with Crippen LogP contribution in [-0.4, -0.2) is 32.1 Å². The molecular formula is C9H16NO6P2+. The molecule has 0 heterocycles. The van der Waals surface area contributed by atoms with E-state index in [0.29, 0.717) is 0 Å². The second-order valence-corrected chi connectivity index (χ2v) is 7.86. The first-order valence-corrected chi connectivity index (χ1v) is 8.45. The van der Waals surface area contributed by atoms with Gasteiger partial charge in [0.1, 0.15) is 6.54 Å². The lowest BCUT2D eigenvalue weighted by molar-refractivity contribution is -0.894. The van der Waals surface area contributed by atoms with Crippen LogP contribution in [0.3, 0.4) is 0 Å². The van der Waals surface area contributed by atoms with Gasteiger partial charge in [0.2, 0.25) is 0 Å². The molecule has 1 atom stereocenters. The molecule has 0 spiro atoms. The summed E-state index contributed by atoms with van der Waals surface area (Å²) in [6.07, 6.45) is 0. The molecular weight excluding hydrogens is 280 g/mol. The molecule has 0 radical (unpaired) electrons. The van der Waals surface area contributed by atoms with Crippen LogP contribution < -0.4 is 4.90 Å². The third kappa shape index (κ3) is 4.30. The lowest BCUT2D eigenvalue weighted by Crippen LogP contribution is -3.11.